The smallest absolute Gasteiger partial charge is 0.333 e. The predicted molar refractivity (Wildman–Crippen MR) is 274 cm³/mol. The van der Waals surface area contributed by atoms with Crippen molar-refractivity contribution in [2.24, 2.45) is 0 Å². The van der Waals surface area contributed by atoms with Gasteiger partial charge in [0.05, 0.1) is 16.5 Å². The monoisotopic (exact) mass is 838 g/mol. The molecule has 0 N–H and O–H groups in total. The lowest BCUT2D eigenvalue weighted by atomic mass is 9.41. The molecule has 0 atom stereocenters. The third-order valence-electron chi connectivity index (χ3n) is 15.3. The van der Waals surface area contributed by atoms with Crippen LogP contribution in [-0.2, 0) is 10.8 Å². The molecular weight excluding hydrogens is 796 g/mol. The Bertz CT molecular complexity index is 3490. The van der Waals surface area contributed by atoms with Crippen LogP contribution >= 0.6 is 0 Å². The highest BCUT2D eigenvalue weighted by molar-refractivity contribution is 6.94. The molecule has 0 aromatic heterocycles. The third kappa shape index (κ3) is 4.71. The maximum atomic E-state index is 2.74. The molecule has 66 heavy (non-hydrogen) atoms. The van der Waals surface area contributed by atoms with Gasteiger partial charge >= 0.3 is 6.85 Å². The summed E-state index contributed by atoms with van der Waals surface area (Å²) >= 11 is 0. The van der Waals surface area contributed by atoms with Gasteiger partial charge in [0.2, 0.25) is 0 Å². The van der Waals surface area contributed by atoms with Crippen LogP contribution in [0.25, 0.3) is 22.3 Å². The second kappa shape index (κ2) is 13.9. The predicted octanol–water partition coefficient (Wildman–Crippen LogP) is 13.8. The fraction of sp³-hybridized carbons (Fsp3) is 0.0476. The van der Waals surface area contributed by atoms with Crippen LogP contribution in [0.1, 0.15) is 50.1 Å². The largest absolute Gasteiger partial charge is 0.376 e. The van der Waals surface area contributed by atoms with Crippen molar-refractivity contribution in [3.8, 4) is 22.3 Å². The van der Waals surface area contributed by atoms with Gasteiger partial charge in [-0.15, -0.1) is 0 Å². The van der Waals surface area contributed by atoms with Crippen LogP contribution in [0.3, 0.4) is 0 Å². The molecule has 0 saturated carbocycles. The Balaban J connectivity index is 1.17. The van der Waals surface area contributed by atoms with Crippen LogP contribution in [0.15, 0.2) is 243 Å². The van der Waals surface area contributed by atoms with Crippen LogP contribution in [0.5, 0.6) is 0 Å². The fourth-order valence-electron chi connectivity index (χ4n) is 12.8. The highest BCUT2D eigenvalue weighted by Crippen LogP contribution is 2.63. The van der Waals surface area contributed by atoms with E-state index in [0.717, 1.165) is 0 Å². The average Bonchev–Trinajstić information content (AvgIpc) is 3.39. The number of benzene rings is 10. The van der Waals surface area contributed by atoms with Gasteiger partial charge in [-0.3, -0.25) is 0 Å². The van der Waals surface area contributed by atoms with Crippen molar-refractivity contribution < 1.29 is 0 Å². The topological polar surface area (TPSA) is 6.48 Å². The van der Waals surface area contributed by atoms with E-state index >= 15 is 0 Å². The summed E-state index contributed by atoms with van der Waals surface area (Å²) in [5, 5.41) is 0. The van der Waals surface area contributed by atoms with Gasteiger partial charge in [-0.05, 0) is 109 Å². The van der Waals surface area contributed by atoms with Gasteiger partial charge in [0.25, 0.3) is 0 Å². The number of nitrogens with zero attached hydrogens (tertiary/aromatic N) is 2. The van der Waals surface area contributed by atoms with Gasteiger partial charge < -0.3 is 9.71 Å². The molecule has 3 heteroatoms. The van der Waals surface area contributed by atoms with Crippen molar-refractivity contribution in [1.29, 1.82) is 0 Å². The number of hydrogen-bond acceptors (Lipinski definition) is 2. The number of anilines is 5. The summed E-state index contributed by atoms with van der Waals surface area (Å²) in [7, 11) is 0. The van der Waals surface area contributed by atoms with Crippen molar-refractivity contribution >= 4 is 46.2 Å². The number of fused-ring (bicyclic) bond motifs is 8. The third-order valence-corrected chi connectivity index (χ3v) is 15.3. The minimum absolute atomic E-state index is 0.138. The zero-order valence-electron chi connectivity index (χ0n) is 36.6. The molecule has 0 fully saturated rings. The fourth-order valence-corrected chi connectivity index (χ4v) is 12.8. The number of hydrogen-bond donors (Lipinski definition) is 0. The minimum atomic E-state index is -0.595. The summed E-state index contributed by atoms with van der Waals surface area (Å²) < 4.78 is 0. The number of aryl methyl sites for hydroxylation is 1. The van der Waals surface area contributed by atoms with Crippen LogP contribution < -0.4 is 20.6 Å². The number of para-hydroxylation sites is 4. The van der Waals surface area contributed by atoms with Crippen molar-refractivity contribution in [1.82, 2.24) is 0 Å². The SMILES string of the molecule is Cc1ccccc1-c1cc2c3c(c1)N1c4ccccc4C(c4ccccc4)(c4ccccc4)c4cccc(c41)B3N1c3ccccc3C(c3ccccc3)(c3ccccc3)c3cccc-2c31. The quantitative estimate of drug-likeness (QED) is 0.159. The molecule has 0 amide bonds. The van der Waals surface area contributed by atoms with E-state index in [-0.39, 0.29) is 6.85 Å². The molecule has 10 aromatic rings. The second-order valence-electron chi connectivity index (χ2n) is 18.3. The highest BCUT2D eigenvalue weighted by atomic mass is 15.2. The summed E-state index contributed by atoms with van der Waals surface area (Å²) in [6.45, 7) is 2.11. The zero-order chi connectivity index (χ0) is 43.6. The Morgan fingerprint density at radius 2 is 0.803 bits per heavy atom. The highest BCUT2D eigenvalue weighted by Gasteiger charge is 2.56. The molecule has 4 heterocycles. The van der Waals surface area contributed by atoms with Gasteiger partial charge in [-0.25, -0.2) is 0 Å². The Labute approximate surface area is 386 Å². The molecule has 0 spiro atoms. The normalized spacial score (nSPS) is 14.9. The van der Waals surface area contributed by atoms with E-state index in [1.54, 1.807) is 0 Å². The van der Waals surface area contributed by atoms with E-state index in [0.29, 0.717) is 0 Å². The Morgan fingerprint density at radius 1 is 0.348 bits per heavy atom. The summed E-state index contributed by atoms with van der Waals surface area (Å²) in [4.78, 5) is 5.38. The maximum absolute atomic E-state index is 2.74. The first-order chi connectivity index (χ1) is 32.7. The maximum Gasteiger partial charge on any atom is 0.333 e. The van der Waals surface area contributed by atoms with Gasteiger partial charge in [-0.2, -0.15) is 0 Å². The average molecular weight is 839 g/mol. The lowest BCUT2D eigenvalue weighted by molar-refractivity contribution is 0.731. The molecule has 10 aromatic carbocycles. The molecule has 0 unspecified atom stereocenters. The molecule has 0 saturated heterocycles. The van der Waals surface area contributed by atoms with Gasteiger partial charge in [0.15, 0.2) is 0 Å². The van der Waals surface area contributed by atoms with Crippen LogP contribution in [0.2, 0.25) is 0 Å². The first-order valence-corrected chi connectivity index (χ1v) is 23.2. The molecule has 2 nitrogen and oxygen atoms in total. The van der Waals surface area contributed by atoms with Gasteiger partial charge in [-0.1, -0.05) is 218 Å². The van der Waals surface area contributed by atoms with E-state index < -0.39 is 10.8 Å². The van der Waals surface area contributed by atoms with Crippen LogP contribution in [0.4, 0.5) is 28.4 Å². The molecule has 14 rings (SSSR count). The lowest BCUT2D eigenvalue weighted by Crippen LogP contribution is -2.64. The van der Waals surface area contributed by atoms with Crippen LogP contribution in [-0.4, -0.2) is 6.85 Å². The first kappa shape index (κ1) is 37.3. The van der Waals surface area contributed by atoms with Crippen molar-refractivity contribution in [2.45, 2.75) is 17.8 Å². The van der Waals surface area contributed by atoms with Gasteiger partial charge in [0.1, 0.15) is 0 Å². The summed E-state index contributed by atoms with van der Waals surface area (Å²) in [6.07, 6.45) is 0. The standard InChI is InChI=1S/C63H43BN2/c1-42-22-14-15-31-48(42)43-40-50-49-32-20-35-53-60(49)66(57-39-19-17-34-52(57)63(53,46-27-10-4-11-28-46)47-29-12-5-13-30-47)64-55-37-21-36-54-61(55)65(58(41-43)59(50)64)56-38-18-16-33-51(56)62(54,44-23-6-2-7-24-44)45-25-8-3-9-26-45/h2-41H,1H3. The van der Waals surface area contributed by atoms with E-state index in [9.17, 15) is 0 Å². The Morgan fingerprint density at radius 3 is 1.39 bits per heavy atom. The minimum Gasteiger partial charge on any atom is -0.376 e. The second-order valence-corrected chi connectivity index (χ2v) is 18.3. The lowest BCUT2D eigenvalue weighted by Gasteiger charge is -2.55. The van der Waals surface area contributed by atoms with Crippen molar-refractivity contribution in [3.05, 3.63) is 293 Å². The van der Waals surface area contributed by atoms with E-state index in [4.69, 9.17) is 0 Å². The molecule has 4 aliphatic rings. The van der Waals surface area contributed by atoms with E-state index in [2.05, 4.69) is 259 Å². The van der Waals surface area contributed by atoms with E-state index in [1.165, 1.54) is 112 Å². The molecule has 0 radical (unpaired) electrons. The Kier molecular flexibility index (Phi) is 7.87. The zero-order valence-corrected chi connectivity index (χ0v) is 36.6. The molecule has 0 aliphatic carbocycles. The first-order valence-electron chi connectivity index (χ1n) is 23.2. The summed E-state index contributed by atoms with van der Waals surface area (Å²) in [6, 6.07) is 91.5. The number of rotatable bonds is 5. The molecule has 308 valence electrons. The van der Waals surface area contributed by atoms with Crippen molar-refractivity contribution in [2.75, 3.05) is 9.71 Å². The summed E-state index contributed by atoms with van der Waals surface area (Å²) in [5.74, 6) is 0. The van der Waals surface area contributed by atoms with Crippen molar-refractivity contribution in [3.63, 3.8) is 0 Å². The van der Waals surface area contributed by atoms with E-state index in [1.807, 2.05) is 0 Å². The molecule has 0 bridgehead atoms. The van der Waals surface area contributed by atoms with Crippen LogP contribution in [0, 0.1) is 6.92 Å². The van der Waals surface area contributed by atoms with Gasteiger partial charge in [0, 0.05) is 28.3 Å². The Hall–Kier alpha value is -8.14. The molecular formula is C63H43BN2. The molecule has 4 aliphatic heterocycles. The summed E-state index contributed by atoms with van der Waals surface area (Å²) in [5.41, 5.74) is 24.1.